The molecule has 0 saturated carbocycles. The van der Waals surface area contributed by atoms with Crippen molar-refractivity contribution in [3.8, 4) is 0 Å². The monoisotopic (exact) mass is 252 g/mol. The van der Waals surface area contributed by atoms with Crippen molar-refractivity contribution in [3.63, 3.8) is 0 Å². The summed E-state index contributed by atoms with van der Waals surface area (Å²) in [7, 11) is 0. The lowest BCUT2D eigenvalue weighted by atomic mass is 9.69. The highest BCUT2D eigenvalue weighted by Gasteiger charge is 2.56. The molecule has 2 saturated heterocycles. The van der Waals surface area contributed by atoms with Crippen LogP contribution in [0.3, 0.4) is 0 Å². The number of carbonyl (C=O) groups excluding carboxylic acids is 1. The van der Waals surface area contributed by atoms with Gasteiger partial charge in [0.15, 0.2) is 0 Å². The number of nitrogens with zero attached hydrogens (tertiary/aromatic N) is 2. The third kappa shape index (κ3) is 2.18. The van der Waals surface area contributed by atoms with E-state index < -0.39 is 0 Å². The first kappa shape index (κ1) is 13.9. The van der Waals surface area contributed by atoms with Crippen molar-refractivity contribution in [2.24, 2.45) is 5.41 Å². The molecule has 3 heteroatoms. The average molecular weight is 252 g/mol. The van der Waals surface area contributed by atoms with Gasteiger partial charge in [0.05, 0.1) is 5.41 Å². The Morgan fingerprint density at radius 1 is 0.944 bits per heavy atom. The second kappa shape index (κ2) is 3.96. The summed E-state index contributed by atoms with van der Waals surface area (Å²) in [6.45, 7) is 16.2. The van der Waals surface area contributed by atoms with Crippen LogP contribution in [0.5, 0.6) is 0 Å². The lowest BCUT2D eigenvalue weighted by molar-refractivity contribution is -0.175. The maximum atomic E-state index is 12.4. The molecular weight excluding hydrogens is 224 g/mol. The minimum absolute atomic E-state index is 0.0104. The van der Waals surface area contributed by atoms with Crippen LogP contribution in [0.1, 0.15) is 54.4 Å². The van der Waals surface area contributed by atoms with Crippen molar-refractivity contribution in [1.29, 1.82) is 0 Å². The molecule has 0 unspecified atom stereocenters. The van der Waals surface area contributed by atoms with E-state index >= 15 is 0 Å². The van der Waals surface area contributed by atoms with Gasteiger partial charge in [0.2, 0.25) is 5.91 Å². The summed E-state index contributed by atoms with van der Waals surface area (Å²) in [5, 5.41) is 0. The third-order valence-corrected chi connectivity index (χ3v) is 4.64. The molecule has 104 valence electrons. The minimum Gasteiger partial charge on any atom is -0.336 e. The minimum atomic E-state index is -0.0188. The Morgan fingerprint density at radius 2 is 1.44 bits per heavy atom. The molecular formula is C15H28N2O. The predicted molar refractivity (Wildman–Crippen MR) is 74.5 cm³/mol. The van der Waals surface area contributed by atoms with E-state index in [0.29, 0.717) is 5.91 Å². The van der Waals surface area contributed by atoms with Gasteiger partial charge in [-0.15, -0.1) is 0 Å². The van der Waals surface area contributed by atoms with E-state index in [1.54, 1.807) is 0 Å². The summed E-state index contributed by atoms with van der Waals surface area (Å²) in [6, 6.07) is 0. The van der Waals surface area contributed by atoms with Gasteiger partial charge in [0.1, 0.15) is 0 Å². The summed E-state index contributed by atoms with van der Waals surface area (Å²) in [6.07, 6.45) is 2.07. The smallest absolute Gasteiger partial charge is 0.231 e. The lowest BCUT2D eigenvalue weighted by Gasteiger charge is -2.58. The van der Waals surface area contributed by atoms with Crippen LogP contribution in [0.2, 0.25) is 0 Å². The van der Waals surface area contributed by atoms with Crippen LogP contribution in [0, 0.1) is 5.41 Å². The zero-order chi connectivity index (χ0) is 13.8. The van der Waals surface area contributed by atoms with Crippen molar-refractivity contribution in [3.05, 3.63) is 0 Å². The number of piperidine rings is 1. The molecule has 0 aromatic heterocycles. The highest BCUT2D eigenvalue weighted by atomic mass is 16.2. The van der Waals surface area contributed by atoms with Gasteiger partial charge < -0.3 is 4.90 Å². The Balaban J connectivity index is 1.98. The van der Waals surface area contributed by atoms with Gasteiger partial charge in [-0.2, -0.15) is 0 Å². The molecule has 0 aromatic carbocycles. The second-order valence-corrected chi connectivity index (χ2v) is 8.00. The SMILES string of the molecule is CC(C)(C)N1CCC2(CC1)CN(C(C)(C)C)C2=O. The zero-order valence-electron chi connectivity index (χ0n) is 12.8. The lowest BCUT2D eigenvalue weighted by Crippen LogP contribution is -2.69. The summed E-state index contributed by atoms with van der Waals surface area (Å²) in [5.74, 6) is 0.392. The molecule has 2 heterocycles. The highest BCUT2D eigenvalue weighted by molar-refractivity contribution is 5.89. The standard InChI is InChI=1S/C15H28N2O/c1-13(2,3)16-9-7-15(8-10-16)11-17(12(15)18)14(4,5)6/h7-11H2,1-6H3. The van der Waals surface area contributed by atoms with Gasteiger partial charge in [-0.25, -0.2) is 0 Å². The van der Waals surface area contributed by atoms with E-state index in [1.807, 2.05) is 4.90 Å². The average Bonchev–Trinajstić information content (AvgIpc) is 2.23. The number of hydrogen-bond acceptors (Lipinski definition) is 2. The summed E-state index contributed by atoms with van der Waals surface area (Å²) in [5.41, 5.74) is 0.205. The molecule has 0 aliphatic carbocycles. The third-order valence-electron chi connectivity index (χ3n) is 4.64. The van der Waals surface area contributed by atoms with Crippen molar-refractivity contribution in [1.82, 2.24) is 9.80 Å². The zero-order valence-corrected chi connectivity index (χ0v) is 12.8. The van der Waals surface area contributed by atoms with Gasteiger partial charge >= 0.3 is 0 Å². The van der Waals surface area contributed by atoms with E-state index in [4.69, 9.17) is 0 Å². The van der Waals surface area contributed by atoms with Gasteiger partial charge in [-0.1, -0.05) is 0 Å². The van der Waals surface area contributed by atoms with Crippen LogP contribution in [-0.2, 0) is 4.79 Å². The number of rotatable bonds is 0. The van der Waals surface area contributed by atoms with Crippen LogP contribution in [0.15, 0.2) is 0 Å². The molecule has 0 N–H and O–H groups in total. The summed E-state index contributed by atoms with van der Waals surface area (Å²) in [4.78, 5) is 17.0. The highest BCUT2D eigenvalue weighted by Crippen LogP contribution is 2.45. The van der Waals surface area contributed by atoms with E-state index in [-0.39, 0.29) is 16.5 Å². The van der Waals surface area contributed by atoms with Crippen LogP contribution < -0.4 is 0 Å². The Kier molecular flexibility index (Phi) is 3.05. The molecule has 0 aromatic rings. The van der Waals surface area contributed by atoms with Crippen LogP contribution in [-0.4, -0.2) is 46.4 Å². The fourth-order valence-corrected chi connectivity index (χ4v) is 3.16. The Hall–Kier alpha value is -0.570. The number of β-lactam (4-membered cyclic amide) rings is 1. The van der Waals surface area contributed by atoms with E-state index in [9.17, 15) is 4.79 Å². The number of likely N-dealkylation sites (tertiary alicyclic amines) is 2. The van der Waals surface area contributed by atoms with Crippen molar-refractivity contribution in [2.45, 2.75) is 65.5 Å². The normalized spacial score (nSPS) is 25.4. The van der Waals surface area contributed by atoms with Crippen LogP contribution >= 0.6 is 0 Å². The van der Waals surface area contributed by atoms with Gasteiger partial charge in [-0.05, 0) is 67.5 Å². The molecule has 1 spiro atoms. The Morgan fingerprint density at radius 3 is 1.78 bits per heavy atom. The van der Waals surface area contributed by atoms with E-state index in [2.05, 4.69) is 46.4 Å². The van der Waals surface area contributed by atoms with Crippen LogP contribution in [0.25, 0.3) is 0 Å². The molecule has 0 atom stereocenters. The maximum absolute atomic E-state index is 12.4. The van der Waals surface area contributed by atoms with Crippen molar-refractivity contribution >= 4 is 5.91 Å². The van der Waals surface area contributed by atoms with Gasteiger partial charge in [-0.3, -0.25) is 9.69 Å². The topological polar surface area (TPSA) is 23.6 Å². The van der Waals surface area contributed by atoms with E-state index in [0.717, 1.165) is 32.5 Å². The van der Waals surface area contributed by atoms with Crippen LogP contribution in [0.4, 0.5) is 0 Å². The van der Waals surface area contributed by atoms with Gasteiger partial charge in [0, 0.05) is 17.6 Å². The van der Waals surface area contributed by atoms with Gasteiger partial charge in [0.25, 0.3) is 0 Å². The number of amides is 1. The maximum Gasteiger partial charge on any atom is 0.231 e. The molecule has 3 nitrogen and oxygen atoms in total. The Bertz CT molecular complexity index is 340. The van der Waals surface area contributed by atoms with Crippen molar-refractivity contribution in [2.75, 3.05) is 19.6 Å². The molecule has 0 bridgehead atoms. The fraction of sp³-hybridized carbons (Fsp3) is 0.933. The number of carbonyl (C=O) groups is 1. The second-order valence-electron chi connectivity index (χ2n) is 8.00. The van der Waals surface area contributed by atoms with Crippen molar-refractivity contribution < 1.29 is 4.79 Å². The first-order valence-corrected chi connectivity index (χ1v) is 7.13. The summed E-state index contributed by atoms with van der Waals surface area (Å²) < 4.78 is 0. The molecule has 2 aliphatic heterocycles. The molecule has 18 heavy (non-hydrogen) atoms. The quantitative estimate of drug-likeness (QED) is 0.618. The fourth-order valence-electron chi connectivity index (χ4n) is 3.16. The Labute approximate surface area is 112 Å². The van der Waals surface area contributed by atoms with E-state index in [1.165, 1.54) is 0 Å². The molecule has 2 rings (SSSR count). The molecule has 2 aliphatic rings. The molecule has 2 fully saturated rings. The summed E-state index contributed by atoms with van der Waals surface area (Å²) >= 11 is 0. The molecule has 1 amide bonds. The molecule has 0 radical (unpaired) electrons. The number of hydrogen-bond donors (Lipinski definition) is 0. The first-order valence-electron chi connectivity index (χ1n) is 7.13. The predicted octanol–water partition coefficient (Wildman–Crippen LogP) is 2.51. The largest absolute Gasteiger partial charge is 0.336 e. The first-order chi connectivity index (χ1) is 8.06.